The van der Waals surface area contributed by atoms with Gasteiger partial charge in [-0.05, 0) is 122 Å². The van der Waals surface area contributed by atoms with Crippen LogP contribution >= 0.6 is 23.5 Å². The van der Waals surface area contributed by atoms with Gasteiger partial charge in [0.05, 0.1) is 22.9 Å². The number of aliphatic hydroxyl groups is 1. The van der Waals surface area contributed by atoms with Gasteiger partial charge < -0.3 is 25.4 Å². The molecule has 0 radical (unpaired) electrons. The van der Waals surface area contributed by atoms with Crippen molar-refractivity contribution in [2.75, 3.05) is 30.4 Å². The van der Waals surface area contributed by atoms with Crippen molar-refractivity contribution in [1.82, 2.24) is 10.2 Å². The molecule has 3 N–H and O–H groups in total. The predicted molar refractivity (Wildman–Crippen MR) is 271 cm³/mol. The number of halogens is 2. The number of benzene rings is 6. The summed E-state index contributed by atoms with van der Waals surface area (Å²) in [6, 6.07) is 49.1. The molecule has 0 saturated carbocycles. The standard InChI is InChI=1S/C56H61F2N3O4S2/c1-55(2,3)65-54(64)61-38-48(67-56(42-17-8-5-9-18-42,43-19-10-6-11-20-43)44-21-12-7-13-22-44)36-47(61)37-59-46-31-28-40(27-24-39-25-29-45(57)30-26-39)49(35-46)53(63)60-51(32-33-66-4)52(62)34-41-16-14-15-23-50(41)58/h5-23,25-26,28-31,35,47-48,51-52,59,62H,24,27,32-34,36-38H2,1-4H3,(H,60,63)/t47-,48-,51-,52?/m0/s1. The molecule has 1 saturated heterocycles. The number of rotatable bonds is 19. The fourth-order valence-corrected chi connectivity index (χ4v) is 11.2. The lowest BCUT2D eigenvalue weighted by Crippen LogP contribution is -2.45. The van der Waals surface area contributed by atoms with Crippen LogP contribution in [-0.4, -0.2) is 76.1 Å². The number of nitrogens with zero attached hydrogens (tertiary/aromatic N) is 1. The Morgan fingerprint density at radius 2 is 1.37 bits per heavy atom. The molecule has 67 heavy (non-hydrogen) atoms. The Morgan fingerprint density at radius 3 is 1.96 bits per heavy atom. The minimum Gasteiger partial charge on any atom is -0.444 e. The van der Waals surface area contributed by atoms with Gasteiger partial charge in [0, 0.05) is 36.0 Å². The summed E-state index contributed by atoms with van der Waals surface area (Å²) in [5.41, 5.74) is 5.94. The average Bonchev–Trinajstić information content (AvgIpc) is 3.75. The lowest BCUT2D eigenvalue weighted by atomic mass is 9.84. The number of ether oxygens (including phenoxy) is 1. The van der Waals surface area contributed by atoms with E-state index >= 15 is 0 Å². The van der Waals surface area contributed by atoms with Crippen LogP contribution in [0.1, 0.15) is 77.4 Å². The van der Waals surface area contributed by atoms with E-state index < -0.39 is 28.3 Å². The Balaban J connectivity index is 1.17. The largest absolute Gasteiger partial charge is 0.444 e. The molecule has 1 aliphatic rings. The molecule has 1 fully saturated rings. The number of hydrogen-bond acceptors (Lipinski definition) is 7. The van der Waals surface area contributed by atoms with E-state index in [1.54, 1.807) is 42.1 Å². The van der Waals surface area contributed by atoms with Crippen molar-refractivity contribution < 1.29 is 28.2 Å². The Bertz CT molecular complexity index is 2430. The van der Waals surface area contributed by atoms with Gasteiger partial charge in [-0.15, -0.1) is 11.8 Å². The van der Waals surface area contributed by atoms with Crippen LogP contribution in [0.3, 0.4) is 0 Å². The monoisotopic (exact) mass is 941 g/mol. The molecular formula is C56H61F2N3O4S2. The second kappa shape index (κ2) is 22.9. The Morgan fingerprint density at radius 1 is 0.776 bits per heavy atom. The van der Waals surface area contributed by atoms with Crippen LogP contribution in [0.2, 0.25) is 0 Å². The number of carbonyl (C=O) groups excluding carboxylic acids is 2. The van der Waals surface area contributed by atoms with Gasteiger partial charge in [0.1, 0.15) is 17.2 Å². The van der Waals surface area contributed by atoms with Crippen molar-refractivity contribution in [3.63, 3.8) is 0 Å². The average molecular weight is 942 g/mol. The Labute approximate surface area is 403 Å². The zero-order valence-corrected chi connectivity index (χ0v) is 40.3. The normalized spacial score (nSPS) is 16.0. The summed E-state index contributed by atoms with van der Waals surface area (Å²) in [5, 5.41) is 18.2. The molecule has 0 spiro atoms. The first-order valence-corrected chi connectivity index (χ1v) is 25.3. The molecule has 350 valence electrons. The maximum Gasteiger partial charge on any atom is 0.410 e. The quantitative estimate of drug-likeness (QED) is 0.0697. The smallest absolute Gasteiger partial charge is 0.410 e. The minimum absolute atomic E-state index is 0.00381. The molecule has 2 amide bonds. The maximum atomic E-state index is 14.7. The lowest BCUT2D eigenvalue weighted by Gasteiger charge is -2.37. The zero-order valence-electron chi connectivity index (χ0n) is 38.7. The van der Waals surface area contributed by atoms with Crippen molar-refractivity contribution in [2.24, 2.45) is 0 Å². The zero-order chi connectivity index (χ0) is 47.4. The van der Waals surface area contributed by atoms with Crippen LogP contribution in [0, 0.1) is 11.6 Å². The second-order valence-electron chi connectivity index (χ2n) is 18.1. The van der Waals surface area contributed by atoms with Crippen molar-refractivity contribution in [1.29, 1.82) is 0 Å². The fourth-order valence-electron chi connectivity index (χ4n) is 8.83. The van der Waals surface area contributed by atoms with Crippen LogP contribution in [0.15, 0.2) is 158 Å². The van der Waals surface area contributed by atoms with Crippen molar-refractivity contribution in [3.8, 4) is 0 Å². The molecular weight excluding hydrogens is 881 g/mol. The third-order valence-corrected chi connectivity index (χ3v) is 14.6. The Kier molecular flexibility index (Phi) is 16.9. The van der Waals surface area contributed by atoms with E-state index in [-0.39, 0.29) is 35.5 Å². The van der Waals surface area contributed by atoms with E-state index in [0.29, 0.717) is 61.3 Å². The van der Waals surface area contributed by atoms with Gasteiger partial charge >= 0.3 is 6.09 Å². The first-order chi connectivity index (χ1) is 32.3. The summed E-state index contributed by atoms with van der Waals surface area (Å²) in [4.78, 5) is 30.4. The third kappa shape index (κ3) is 12.9. The molecule has 4 atom stereocenters. The number of nitrogens with one attached hydrogen (secondary N) is 2. The van der Waals surface area contributed by atoms with Crippen molar-refractivity contribution in [2.45, 2.75) is 86.7 Å². The highest BCUT2D eigenvalue weighted by Gasteiger charge is 2.45. The fraction of sp³-hybridized carbons (Fsp3) is 0.321. The molecule has 0 aliphatic carbocycles. The number of aliphatic hydroxyl groups excluding tert-OH is 1. The maximum absolute atomic E-state index is 14.7. The van der Waals surface area contributed by atoms with Crippen molar-refractivity contribution in [3.05, 3.63) is 208 Å². The van der Waals surface area contributed by atoms with Gasteiger partial charge in [-0.2, -0.15) is 11.8 Å². The van der Waals surface area contributed by atoms with Gasteiger partial charge in [-0.1, -0.05) is 127 Å². The van der Waals surface area contributed by atoms with Crippen LogP contribution < -0.4 is 10.6 Å². The summed E-state index contributed by atoms with van der Waals surface area (Å²) >= 11 is 3.46. The van der Waals surface area contributed by atoms with Crippen LogP contribution in [0.25, 0.3) is 0 Å². The van der Waals surface area contributed by atoms with Gasteiger partial charge in [0.15, 0.2) is 0 Å². The topological polar surface area (TPSA) is 90.9 Å². The van der Waals surface area contributed by atoms with E-state index in [9.17, 15) is 23.5 Å². The molecule has 0 aromatic heterocycles. The van der Waals surface area contributed by atoms with Gasteiger partial charge in [-0.3, -0.25) is 4.79 Å². The lowest BCUT2D eigenvalue weighted by molar-refractivity contribution is 0.0235. The SMILES string of the molecule is CSCC[C@H](NC(=O)c1cc(NC[C@@H]2C[C@H](SC(c3ccccc3)(c3ccccc3)c3ccccc3)CN2C(=O)OC(C)(C)C)ccc1CCc1ccc(F)cc1)C(O)Cc1ccccc1F. The molecule has 6 aromatic rings. The molecule has 1 unspecified atom stereocenters. The molecule has 6 aromatic carbocycles. The van der Waals surface area contributed by atoms with E-state index in [1.807, 2.05) is 80.1 Å². The summed E-state index contributed by atoms with van der Waals surface area (Å²) in [6.45, 7) is 6.48. The van der Waals surface area contributed by atoms with E-state index in [1.165, 1.54) is 18.2 Å². The number of hydrogen-bond donors (Lipinski definition) is 3. The van der Waals surface area contributed by atoms with Gasteiger partial charge in [0.2, 0.25) is 0 Å². The molecule has 7 rings (SSSR count). The first-order valence-electron chi connectivity index (χ1n) is 23.0. The highest BCUT2D eigenvalue weighted by Crippen LogP contribution is 2.52. The number of anilines is 1. The molecule has 0 bridgehead atoms. The number of thioether (sulfide) groups is 2. The first kappa shape index (κ1) is 49.3. The predicted octanol–water partition coefficient (Wildman–Crippen LogP) is 11.7. The van der Waals surface area contributed by atoms with E-state index in [4.69, 9.17) is 4.74 Å². The molecule has 7 nitrogen and oxygen atoms in total. The highest BCUT2D eigenvalue weighted by atomic mass is 32.2. The third-order valence-electron chi connectivity index (χ3n) is 12.2. The van der Waals surface area contributed by atoms with Gasteiger partial charge in [0.25, 0.3) is 5.91 Å². The summed E-state index contributed by atoms with van der Waals surface area (Å²) in [6.07, 6.45) is 2.82. The summed E-state index contributed by atoms with van der Waals surface area (Å²) < 4.78 is 34.0. The second-order valence-corrected chi connectivity index (χ2v) is 20.6. The van der Waals surface area contributed by atoms with Crippen LogP contribution in [-0.2, 0) is 28.7 Å². The highest BCUT2D eigenvalue weighted by molar-refractivity contribution is 8.01. The van der Waals surface area contributed by atoms with E-state index in [0.717, 1.165) is 27.8 Å². The summed E-state index contributed by atoms with van der Waals surface area (Å²) in [5.74, 6) is -0.400. The Hall–Kier alpha value is -5.62. The van der Waals surface area contributed by atoms with E-state index in [2.05, 4.69) is 83.4 Å². The number of aryl methyl sites for hydroxylation is 2. The van der Waals surface area contributed by atoms with Crippen LogP contribution in [0.5, 0.6) is 0 Å². The number of amides is 2. The van der Waals surface area contributed by atoms with Gasteiger partial charge in [-0.25, -0.2) is 13.6 Å². The molecule has 1 aliphatic heterocycles. The van der Waals surface area contributed by atoms with Crippen molar-refractivity contribution >= 4 is 41.2 Å². The number of likely N-dealkylation sites (tertiary alicyclic amines) is 1. The van der Waals surface area contributed by atoms with Crippen LogP contribution in [0.4, 0.5) is 19.3 Å². The summed E-state index contributed by atoms with van der Waals surface area (Å²) in [7, 11) is 0. The molecule has 1 heterocycles. The number of carbonyl (C=O) groups is 2. The minimum atomic E-state index is -1.03. The molecule has 11 heteroatoms.